The number of rotatable bonds is 2. The van der Waals surface area contributed by atoms with Crippen LogP contribution in [0.3, 0.4) is 0 Å². The first-order chi connectivity index (χ1) is 11.9. The van der Waals surface area contributed by atoms with E-state index in [1.165, 1.54) is 0 Å². The maximum absolute atomic E-state index is 11.2. The molecule has 1 aliphatic heterocycles. The molecule has 0 aromatic heterocycles. The summed E-state index contributed by atoms with van der Waals surface area (Å²) in [6.07, 6.45) is 1.38. The number of aromatic hydroxyl groups is 2. The van der Waals surface area contributed by atoms with Crippen molar-refractivity contribution in [2.75, 3.05) is 0 Å². The molecule has 0 amide bonds. The standard InChI is InChI=1S/C20H22O5/c1-3-11-6-13-8-20(24)15(16(13)14(9-21)18(11)23)7-12-5-4-10(2)17(22)19(12)25-20/h4-6,15,21-24H,3,7-9H2,1-2H3. The number of aliphatic hydroxyl groups is 2. The minimum absolute atomic E-state index is 0.0554. The van der Waals surface area contributed by atoms with Gasteiger partial charge in [-0.05, 0) is 47.6 Å². The fourth-order valence-corrected chi connectivity index (χ4v) is 4.25. The summed E-state index contributed by atoms with van der Waals surface area (Å²) in [6.45, 7) is 3.43. The summed E-state index contributed by atoms with van der Waals surface area (Å²) in [5.41, 5.74) is 4.38. The number of aryl methyl sites for hydroxylation is 2. The molecule has 2 aliphatic rings. The first-order valence-electron chi connectivity index (χ1n) is 8.59. The Morgan fingerprint density at radius 1 is 1.20 bits per heavy atom. The topological polar surface area (TPSA) is 90.2 Å². The molecule has 0 radical (unpaired) electrons. The quantitative estimate of drug-likeness (QED) is 0.673. The monoisotopic (exact) mass is 342 g/mol. The van der Waals surface area contributed by atoms with E-state index in [-0.39, 0.29) is 24.5 Å². The van der Waals surface area contributed by atoms with Crippen molar-refractivity contribution in [1.29, 1.82) is 0 Å². The summed E-state index contributed by atoms with van der Waals surface area (Å²) in [6, 6.07) is 5.60. The summed E-state index contributed by atoms with van der Waals surface area (Å²) in [5.74, 6) is -1.39. The fourth-order valence-electron chi connectivity index (χ4n) is 4.25. The minimum Gasteiger partial charge on any atom is -0.507 e. The van der Waals surface area contributed by atoms with Gasteiger partial charge in [0.1, 0.15) is 5.75 Å². The van der Waals surface area contributed by atoms with Crippen LogP contribution in [0.1, 0.15) is 46.2 Å². The summed E-state index contributed by atoms with van der Waals surface area (Å²) >= 11 is 0. The third-order valence-electron chi connectivity index (χ3n) is 5.60. The lowest BCUT2D eigenvalue weighted by Gasteiger charge is -2.37. The molecule has 2 unspecified atom stereocenters. The minimum atomic E-state index is -1.48. The van der Waals surface area contributed by atoms with Gasteiger partial charge in [-0.1, -0.05) is 25.1 Å². The highest BCUT2D eigenvalue weighted by Gasteiger charge is 2.52. The number of phenols is 2. The Bertz CT molecular complexity index is 873. The van der Waals surface area contributed by atoms with Crippen LogP contribution in [0.5, 0.6) is 17.2 Å². The van der Waals surface area contributed by atoms with Crippen molar-refractivity contribution in [2.24, 2.45) is 0 Å². The molecule has 2 aromatic carbocycles. The van der Waals surface area contributed by atoms with Crippen LogP contribution in [0.15, 0.2) is 18.2 Å². The van der Waals surface area contributed by atoms with Gasteiger partial charge in [-0.15, -0.1) is 0 Å². The van der Waals surface area contributed by atoms with E-state index < -0.39 is 11.7 Å². The van der Waals surface area contributed by atoms with E-state index in [0.29, 0.717) is 29.7 Å². The number of fused-ring (bicyclic) bond motifs is 4. The molecule has 2 aromatic rings. The van der Waals surface area contributed by atoms with Gasteiger partial charge in [0.05, 0.1) is 12.5 Å². The Labute approximate surface area is 146 Å². The van der Waals surface area contributed by atoms with Gasteiger partial charge in [0.15, 0.2) is 11.5 Å². The van der Waals surface area contributed by atoms with Gasteiger partial charge < -0.3 is 25.2 Å². The summed E-state index contributed by atoms with van der Waals surface area (Å²) in [4.78, 5) is 0. The lowest BCUT2D eigenvalue weighted by atomic mass is 9.84. The summed E-state index contributed by atoms with van der Waals surface area (Å²) in [5, 5.41) is 41.8. The van der Waals surface area contributed by atoms with Crippen molar-refractivity contribution in [1.82, 2.24) is 0 Å². The van der Waals surface area contributed by atoms with Crippen molar-refractivity contribution in [3.63, 3.8) is 0 Å². The highest BCUT2D eigenvalue weighted by Crippen LogP contribution is 2.53. The molecule has 0 fully saturated rings. The van der Waals surface area contributed by atoms with Crippen LogP contribution in [0, 0.1) is 6.92 Å². The molecule has 0 saturated heterocycles. The van der Waals surface area contributed by atoms with E-state index in [9.17, 15) is 20.4 Å². The van der Waals surface area contributed by atoms with E-state index in [0.717, 1.165) is 22.3 Å². The summed E-state index contributed by atoms with van der Waals surface area (Å²) < 4.78 is 5.89. The van der Waals surface area contributed by atoms with Gasteiger partial charge in [-0.3, -0.25) is 0 Å². The Kier molecular flexibility index (Phi) is 3.49. The van der Waals surface area contributed by atoms with E-state index in [4.69, 9.17) is 4.74 Å². The molecule has 1 aliphatic carbocycles. The number of hydrogen-bond acceptors (Lipinski definition) is 5. The molecular weight excluding hydrogens is 320 g/mol. The first-order valence-corrected chi connectivity index (χ1v) is 8.59. The second-order valence-electron chi connectivity index (χ2n) is 7.05. The lowest BCUT2D eigenvalue weighted by molar-refractivity contribution is -0.156. The lowest BCUT2D eigenvalue weighted by Crippen LogP contribution is -2.44. The maximum atomic E-state index is 11.2. The zero-order chi connectivity index (χ0) is 17.9. The Morgan fingerprint density at radius 2 is 1.96 bits per heavy atom. The third-order valence-corrected chi connectivity index (χ3v) is 5.60. The molecule has 0 saturated carbocycles. The molecule has 0 spiro atoms. The predicted octanol–water partition coefficient (Wildman–Crippen LogP) is 2.42. The third kappa shape index (κ3) is 2.16. The van der Waals surface area contributed by atoms with Gasteiger partial charge in [0, 0.05) is 12.0 Å². The zero-order valence-corrected chi connectivity index (χ0v) is 14.3. The molecule has 132 valence electrons. The number of ether oxygens (including phenoxy) is 1. The van der Waals surface area contributed by atoms with Crippen molar-refractivity contribution in [3.05, 3.63) is 51.6 Å². The van der Waals surface area contributed by atoms with Crippen LogP contribution >= 0.6 is 0 Å². The average Bonchev–Trinajstić information content (AvgIpc) is 2.87. The molecule has 4 rings (SSSR count). The van der Waals surface area contributed by atoms with Crippen LogP contribution in [-0.2, 0) is 25.9 Å². The smallest absolute Gasteiger partial charge is 0.219 e. The molecule has 25 heavy (non-hydrogen) atoms. The van der Waals surface area contributed by atoms with Crippen LogP contribution in [0.4, 0.5) is 0 Å². The number of phenolic OH excluding ortho intramolecular Hbond substituents is 1. The number of benzene rings is 2. The normalized spacial score (nSPS) is 23.6. The van der Waals surface area contributed by atoms with Crippen molar-refractivity contribution < 1.29 is 25.2 Å². The molecule has 4 N–H and O–H groups in total. The molecular formula is C20H22O5. The van der Waals surface area contributed by atoms with E-state index in [1.54, 1.807) is 6.92 Å². The molecule has 5 heteroatoms. The van der Waals surface area contributed by atoms with Gasteiger partial charge in [-0.25, -0.2) is 0 Å². The zero-order valence-electron chi connectivity index (χ0n) is 14.3. The van der Waals surface area contributed by atoms with Gasteiger partial charge in [0.2, 0.25) is 5.79 Å². The van der Waals surface area contributed by atoms with Crippen LogP contribution < -0.4 is 4.74 Å². The summed E-state index contributed by atoms with van der Waals surface area (Å²) in [7, 11) is 0. The SMILES string of the molecule is CCc1cc2c(c(CO)c1O)C1Cc3ccc(C)c(O)c3OC1(O)C2. The predicted molar refractivity (Wildman–Crippen MR) is 92.0 cm³/mol. The second-order valence-corrected chi connectivity index (χ2v) is 7.05. The van der Waals surface area contributed by atoms with E-state index in [2.05, 4.69) is 0 Å². The number of aliphatic hydroxyl groups excluding tert-OH is 1. The Balaban J connectivity index is 1.89. The Hall–Kier alpha value is -2.24. The number of hydrogen-bond donors (Lipinski definition) is 4. The van der Waals surface area contributed by atoms with Crippen LogP contribution in [0.2, 0.25) is 0 Å². The Morgan fingerprint density at radius 3 is 2.64 bits per heavy atom. The fraction of sp³-hybridized carbons (Fsp3) is 0.400. The highest BCUT2D eigenvalue weighted by molar-refractivity contribution is 5.59. The van der Waals surface area contributed by atoms with Gasteiger partial charge in [0.25, 0.3) is 0 Å². The second kappa shape index (κ2) is 5.38. The van der Waals surface area contributed by atoms with Crippen LogP contribution in [0.25, 0.3) is 0 Å². The molecule has 0 bridgehead atoms. The average molecular weight is 342 g/mol. The van der Waals surface area contributed by atoms with Gasteiger partial charge >= 0.3 is 0 Å². The van der Waals surface area contributed by atoms with E-state index >= 15 is 0 Å². The van der Waals surface area contributed by atoms with Crippen molar-refractivity contribution >= 4 is 0 Å². The maximum Gasteiger partial charge on any atom is 0.219 e. The molecule has 2 atom stereocenters. The highest BCUT2D eigenvalue weighted by atomic mass is 16.6. The first kappa shape index (κ1) is 16.2. The van der Waals surface area contributed by atoms with Crippen LogP contribution in [-0.4, -0.2) is 26.2 Å². The van der Waals surface area contributed by atoms with Gasteiger partial charge in [-0.2, -0.15) is 0 Å². The molecule has 1 heterocycles. The van der Waals surface area contributed by atoms with Crippen molar-refractivity contribution in [2.45, 2.75) is 51.4 Å². The molecule has 5 nitrogen and oxygen atoms in total. The largest absolute Gasteiger partial charge is 0.507 e. The van der Waals surface area contributed by atoms with E-state index in [1.807, 2.05) is 25.1 Å². The van der Waals surface area contributed by atoms with Crippen molar-refractivity contribution in [3.8, 4) is 17.2 Å².